The van der Waals surface area contributed by atoms with Gasteiger partial charge in [0.25, 0.3) is 0 Å². The molecule has 0 bridgehead atoms. The van der Waals surface area contributed by atoms with Crippen LogP contribution in [0.5, 0.6) is 0 Å². The fourth-order valence-electron chi connectivity index (χ4n) is 2.39. The van der Waals surface area contributed by atoms with Gasteiger partial charge in [-0.25, -0.2) is 0 Å². The summed E-state index contributed by atoms with van der Waals surface area (Å²) in [5.74, 6) is -0.720. The quantitative estimate of drug-likeness (QED) is 0.882. The fourth-order valence-corrected chi connectivity index (χ4v) is 2.58. The van der Waals surface area contributed by atoms with E-state index in [1.807, 2.05) is 12.1 Å². The molecule has 0 heterocycles. The van der Waals surface area contributed by atoms with E-state index in [2.05, 4.69) is 0 Å². The van der Waals surface area contributed by atoms with Gasteiger partial charge in [0.1, 0.15) is 0 Å². The molecule has 0 radical (unpaired) electrons. The molecule has 1 aliphatic carbocycles. The SMILES string of the molecule is Cl.O=C(O)C1(c2cccc(Cl)c2)CCCC1. The number of carbonyl (C=O) groups is 1. The lowest BCUT2D eigenvalue weighted by Crippen LogP contribution is -2.32. The highest BCUT2D eigenvalue weighted by Crippen LogP contribution is 2.41. The minimum absolute atomic E-state index is 0. The Morgan fingerprint density at radius 1 is 1.31 bits per heavy atom. The number of carboxylic acid groups (broad SMARTS) is 1. The molecular weight excluding hydrogens is 247 g/mol. The first kappa shape index (κ1) is 13.3. The number of hydrogen-bond acceptors (Lipinski definition) is 1. The van der Waals surface area contributed by atoms with Gasteiger partial charge in [-0.05, 0) is 30.5 Å². The lowest BCUT2D eigenvalue weighted by molar-refractivity contribution is -0.143. The van der Waals surface area contributed by atoms with Crippen molar-refractivity contribution in [1.82, 2.24) is 0 Å². The second-order valence-electron chi connectivity index (χ2n) is 4.10. The van der Waals surface area contributed by atoms with Gasteiger partial charge in [0.2, 0.25) is 0 Å². The van der Waals surface area contributed by atoms with E-state index in [4.69, 9.17) is 11.6 Å². The molecule has 1 saturated carbocycles. The number of benzene rings is 1. The van der Waals surface area contributed by atoms with Gasteiger partial charge in [0.05, 0.1) is 5.41 Å². The van der Waals surface area contributed by atoms with Crippen molar-refractivity contribution in [3.63, 3.8) is 0 Å². The van der Waals surface area contributed by atoms with Crippen LogP contribution in [0.25, 0.3) is 0 Å². The summed E-state index contributed by atoms with van der Waals surface area (Å²) in [6, 6.07) is 7.24. The van der Waals surface area contributed by atoms with Gasteiger partial charge in [-0.1, -0.05) is 36.6 Å². The average Bonchev–Trinajstić information content (AvgIpc) is 2.67. The number of rotatable bonds is 2. The first-order chi connectivity index (χ1) is 7.15. The molecule has 16 heavy (non-hydrogen) atoms. The van der Waals surface area contributed by atoms with Gasteiger partial charge < -0.3 is 5.11 Å². The Labute approximate surface area is 106 Å². The van der Waals surface area contributed by atoms with Gasteiger partial charge >= 0.3 is 5.97 Å². The van der Waals surface area contributed by atoms with E-state index >= 15 is 0 Å². The molecule has 1 aliphatic rings. The predicted molar refractivity (Wildman–Crippen MR) is 66.5 cm³/mol. The van der Waals surface area contributed by atoms with Gasteiger partial charge in [-0.2, -0.15) is 0 Å². The first-order valence-corrected chi connectivity index (χ1v) is 5.52. The summed E-state index contributed by atoms with van der Waals surface area (Å²) < 4.78 is 0. The minimum atomic E-state index is -0.720. The average molecular weight is 261 g/mol. The molecule has 2 rings (SSSR count). The Balaban J connectivity index is 0.00000128. The molecule has 1 aromatic carbocycles. The number of aliphatic carboxylic acids is 1. The maximum Gasteiger partial charge on any atom is 0.314 e. The topological polar surface area (TPSA) is 37.3 Å². The summed E-state index contributed by atoms with van der Waals surface area (Å²) in [7, 11) is 0. The maximum absolute atomic E-state index is 11.4. The zero-order chi connectivity index (χ0) is 10.9. The van der Waals surface area contributed by atoms with Crippen LogP contribution in [-0.2, 0) is 10.2 Å². The van der Waals surface area contributed by atoms with Crippen molar-refractivity contribution in [3.8, 4) is 0 Å². The van der Waals surface area contributed by atoms with E-state index in [1.54, 1.807) is 12.1 Å². The minimum Gasteiger partial charge on any atom is -0.481 e. The fraction of sp³-hybridized carbons (Fsp3) is 0.417. The maximum atomic E-state index is 11.4. The van der Waals surface area contributed by atoms with Crippen LogP contribution in [0, 0.1) is 0 Å². The molecule has 0 amide bonds. The molecule has 2 nitrogen and oxygen atoms in total. The molecule has 0 spiro atoms. The first-order valence-electron chi connectivity index (χ1n) is 5.15. The Bertz CT molecular complexity index is 384. The highest BCUT2D eigenvalue weighted by atomic mass is 35.5. The zero-order valence-corrected chi connectivity index (χ0v) is 10.4. The Morgan fingerprint density at radius 3 is 2.44 bits per heavy atom. The molecule has 88 valence electrons. The number of carboxylic acids is 1. The monoisotopic (exact) mass is 260 g/mol. The third kappa shape index (κ3) is 2.18. The summed E-state index contributed by atoms with van der Waals surface area (Å²) in [5.41, 5.74) is 0.158. The van der Waals surface area contributed by atoms with E-state index in [0.717, 1.165) is 31.2 Å². The molecule has 0 saturated heterocycles. The third-order valence-corrected chi connectivity index (χ3v) is 3.48. The molecule has 0 aromatic heterocycles. The van der Waals surface area contributed by atoms with E-state index in [-0.39, 0.29) is 12.4 Å². The lowest BCUT2D eigenvalue weighted by Gasteiger charge is -2.24. The van der Waals surface area contributed by atoms with Gasteiger partial charge in [0, 0.05) is 5.02 Å². The second-order valence-corrected chi connectivity index (χ2v) is 4.54. The van der Waals surface area contributed by atoms with Crippen LogP contribution in [0.2, 0.25) is 5.02 Å². The summed E-state index contributed by atoms with van der Waals surface area (Å²) >= 11 is 5.90. The van der Waals surface area contributed by atoms with Gasteiger partial charge in [0.15, 0.2) is 0 Å². The van der Waals surface area contributed by atoms with Gasteiger partial charge in [-0.3, -0.25) is 4.79 Å². The van der Waals surface area contributed by atoms with Crippen LogP contribution in [0.3, 0.4) is 0 Å². The normalized spacial score (nSPS) is 17.8. The highest BCUT2D eigenvalue weighted by molar-refractivity contribution is 6.30. The molecule has 0 atom stereocenters. The van der Waals surface area contributed by atoms with Crippen molar-refractivity contribution in [1.29, 1.82) is 0 Å². The summed E-state index contributed by atoms with van der Waals surface area (Å²) in [6.45, 7) is 0. The van der Waals surface area contributed by atoms with E-state index < -0.39 is 11.4 Å². The van der Waals surface area contributed by atoms with Crippen molar-refractivity contribution < 1.29 is 9.90 Å². The summed E-state index contributed by atoms with van der Waals surface area (Å²) in [5, 5.41) is 9.98. The van der Waals surface area contributed by atoms with Crippen LogP contribution in [0.1, 0.15) is 31.2 Å². The van der Waals surface area contributed by atoms with Crippen LogP contribution >= 0.6 is 24.0 Å². The van der Waals surface area contributed by atoms with Gasteiger partial charge in [-0.15, -0.1) is 12.4 Å². The van der Waals surface area contributed by atoms with E-state index in [1.165, 1.54) is 0 Å². The lowest BCUT2D eigenvalue weighted by atomic mass is 9.79. The molecule has 1 fully saturated rings. The Hall–Kier alpha value is -0.730. The molecular formula is C12H14Cl2O2. The summed E-state index contributed by atoms with van der Waals surface area (Å²) in [6.07, 6.45) is 3.42. The molecule has 4 heteroatoms. The molecule has 0 unspecified atom stereocenters. The Kier molecular flexibility index (Phi) is 4.22. The molecule has 1 N–H and O–H groups in total. The van der Waals surface area contributed by atoms with E-state index in [0.29, 0.717) is 5.02 Å². The number of hydrogen-bond donors (Lipinski definition) is 1. The van der Waals surface area contributed by atoms with Crippen molar-refractivity contribution in [2.75, 3.05) is 0 Å². The van der Waals surface area contributed by atoms with E-state index in [9.17, 15) is 9.90 Å². The zero-order valence-electron chi connectivity index (χ0n) is 8.78. The number of halogens is 2. The molecule has 1 aromatic rings. The third-order valence-electron chi connectivity index (χ3n) is 3.24. The Morgan fingerprint density at radius 2 is 1.94 bits per heavy atom. The molecule has 0 aliphatic heterocycles. The van der Waals surface area contributed by atoms with Crippen LogP contribution in [-0.4, -0.2) is 11.1 Å². The second kappa shape index (κ2) is 5.07. The van der Waals surface area contributed by atoms with Crippen molar-refractivity contribution in [2.24, 2.45) is 0 Å². The smallest absolute Gasteiger partial charge is 0.314 e. The van der Waals surface area contributed by atoms with Crippen molar-refractivity contribution >= 4 is 30.0 Å². The highest BCUT2D eigenvalue weighted by Gasteiger charge is 2.42. The van der Waals surface area contributed by atoms with Crippen molar-refractivity contribution in [2.45, 2.75) is 31.1 Å². The van der Waals surface area contributed by atoms with Crippen LogP contribution in [0.15, 0.2) is 24.3 Å². The van der Waals surface area contributed by atoms with Crippen molar-refractivity contribution in [3.05, 3.63) is 34.9 Å². The van der Waals surface area contributed by atoms with Crippen LogP contribution < -0.4 is 0 Å². The standard InChI is InChI=1S/C12H13ClO2.ClH/c13-10-5-3-4-9(8-10)12(11(14)15)6-1-2-7-12;/h3-5,8H,1-2,6-7H2,(H,14,15);1H. The van der Waals surface area contributed by atoms with Crippen LogP contribution in [0.4, 0.5) is 0 Å². The largest absolute Gasteiger partial charge is 0.481 e. The predicted octanol–water partition coefficient (Wildman–Crippen LogP) is 3.66. The summed E-state index contributed by atoms with van der Waals surface area (Å²) in [4.78, 5) is 11.4.